The maximum atomic E-state index is 13.5. The highest BCUT2D eigenvalue weighted by Crippen LogP contribution is 2.37. The van der Waals surface area contributed by atoms with Gasteiger partial charge in [-0.05, 0) is 53.7 Å². The zero-order valence-electron chi connectivity index (χ0n) is 22.7. The molecule has 0 saturated carbocycles. The van der Waals surface area contributed by atoms with Gasteiger partial charge in [-0.3, -0.25) is 4.40 Å². The van der Waals surface area contributed by atoms with Crippen LogP contribution >= 0.6 is 0 Å². The Morgan fingerprint density at radius 1 is 0.974 bits per heavy atom. The molecule has 0 saturated heterocycles. The number of rotatable bonds is 5. The van der Waals surface area contributed by atoms with E-state index in [0.717, 1.165) is 4.90 Å². The number of nitrogen functional groups attached to an aromatic ring is 1. The predicted octanol–water partition coefficient (Wildman–Crippen LogP) is 4.65. The smallest absolute Gasteiger partial charge is 0.425 e. The van der Waals surface area contributed by atoms with Crippen molar-refractivity contribution in [3.8, 4) is 11.3 Å². The van der Waals surface area contributed by atoms with E-state index >= 15 is 0 Å². The Balaban J connectivity index is 2.02. The standard InChI is InChI=1S/C26H33N7O5/c1-25(2,3)37-23(34)33(24(35)38-26(4,5)6)22-19-16(14-31(12-13-36-7)21(19)29-15-30-22)18-9-8-17(27)20-28-10-11-32(18)20/h8-11,14-15H,12-13,27H2,1-7H3. The van der Waals surface area contributed by atoms with Crippen molar-refractivity contribution in [2.75, 3.05) is 24.4 Å². The number of amides is 2. The second-order valence-electron chi connectivity index (χ2n) is 10.7. The van der Waals surface area contributed by atoms with Crippen molar-refractivity contribution in [2.45, 2.75) is 59.3 Å². The first kappa shape index (κ1) is 26.9. The van der Waals surface area contributed by atoms with Crippen LogP contribution in [-0.4, -0.2) is 61.0 Å². The zero-order chi connectivity index (χ0) is 27.8. The number of imidazole rings is 1. The van der Waals surface area contributed by atoms with Gasteiger partial charge in [-0.25, -0.2) is 24.5 Å². The van der Waals surface area contributed by atoms with Gasteiger partial charge in [-0.2, -0.15) is 4.90 Å². The van der Waals surface area contributed by atoms with E-state index in [1.807, 2.05) is 21.2 Å². The molecule has 0 aliphatic rings. The molecule has 38 heavy (non-hydrogen) atoms. The van der Waals surface area contributed by atoms with E-state index < -0.39 is 23.4 Å². The van der Waals surface area contributed by atoms with Crippen molar-refractivity contribution in [1.29, 1.82) is 0 Å². The molecule has 4 rings (SSSR count). The van der Waals surface area contributed by atoms with E-state index in [1.54, 1.807) is 67.1 Å². The molecule has 0 unspecified atom stereocenters. The first-order valence-electron chi connectivity index (χ1n) is 12.1. The molecule has 4 aromatic heterocycles. The number of nitrogens with zero attached hydrogens (tertiary/aromatic N) is 6. The molecule has 2 N–H and O–H groups in total. The van der Waals surface area contributed by atoms with Crippen LogP contribution in [0.2, 0.25) is 0 Å². The lowest BCUT2D eigenvalue weighted by molar-refractivity contribution is 0.0429. The molecule has 0 aliphatic heterocycles. The summed E-state index contributed by atoms with van der Waals surface area (Å²) in [4.78, 5) is 41.0. The number of carbonyl (C=O) groups excluding carboxylic acids is 2. The topological polar surface area (TPSA) is 139 Å². The Morgan fingerprint density at radius 2 is 1.63 bits per heavy atom. The van der Waals surface area contributed by atoms with E-state index in [2.05, 4.69) is 15.0 Å². The average Bonchev–Trinajstić information content (AvgIpc) is 3.42. The number of imide groups is 1. The van der Waals surface area contributed by atoms with Gasteiger partial charge in [0.15, 0.2) is 11.5 Å². The Hall–Kier alpha value is -4.19. The van der Waals surface area contributed by atoms with Gasteiger partial charge >= 0.3 is 12.2 Å². The molecule has 4 heterocycles. The van der Waals surface area contributed by atoms with Crippen LogP contribution in [0.1, 0.15) is 41.5 Å². The number of carbonyl (C=O) groups is 2. The van der Waals surface area contributed by atoms with E-state index in [1.165, 1.54) is 6.33 Å². The summed E-state index contributed by atoms with van der Waals surface area (Å²) in [6.45, 7) is 11.1. The number of anilines is 2. The molecule has 12 nitrogen and oxygen atoms in total. The monoisotopic (exact) mass is 523 g/mol. The van der Waals surface area contributed by atoms with Gasteiger partial charge in [-0.15, -0.1) is 0 Å². The molecule has 0 fully saturated rings. The van der Waals surface area contributed by atoms with Gasteiger partial charge < -0.3 is 24.5 Å². The van der Waals surface area contributed by atoms with Crippen LogP contribution in [0.3, 0.4) is 0 Å². The molecule has 2 amide bonds. The maximum absolute atomic E-state index is 13.5. The highest BCUT2D eigenvalue weighted by atomic mass is 16.6. The summed E-state index contributed by atoms with van der Waals surface area (Å²) in [7, 11) is 1.61. The van der Waals surface area contributed by atoms with E-state index in [4.69, 9.17) is 19.9 Å². The van der Waals surface area contributed by atoms with Crippen LogP contribution in [0.5, 0.6) is 0 Å². The SMILES string of the molecule is COCCn1cc(-c2ccc(N)c3nccn23)c2c(N(C(=O)OC(C)(C)C)C(=O)OC(C)(C)C)ncnc21. The van der Waals surface area contributed by atoms with Gasteiger partial charge in [0.05, 0.1) is 23.4 Å². The molecule has 202 valence electrons. The molecule has 0 spiro atoms. The van der Waals surface area contributed by atoms with Crippen LogP contribution in [0.15, 0.2) is 37.1 Å². The number of fused-ring (bicyclic) bond motifs is 2. The lowest BCUT2D eigenvalue weighted by atomic mass is 10.1. The summed E-state index contributed by atoms with van der Waals surface area (Å²) >= 11 is 0. The molecule has 0 radical (unpaired) electrons. The van der Waals surface area contributed by atoms with Crippen molar-refractivity contribution in [2.24, 2.45) is 0 Å². The lowest BCUT2D eigenvalue weighted by Gasteiger charge is -2.28. The number of methoxy groups -OCH3 is 1. The summed E-state index contributed by atoms with van der Waals surface area (Å²) < 4.78 is 20.2. The quantitative estimate of drug-likeness (QED) is 0.396. The number of nitrogens with two attached hydrogens (primary N) is 1. The van der Waals surface area contributed by atoms with Crippen LogP contribution in [-0.2, 0) is 20.8 Å². The third-order valence-electron chi connectivity index (χ3n) is 5.39. The van der Waals surface area contributed by atoms with Gasteiger partial charge in [0.2, 0.25) is 0 Å². The summed E-state index contributed by atoms with van der Waals surface area (Å²) in [6.07, 6.45) is 4.74. The second-order valence-corrected chi connectivity index (χ2v) is 10.7. The third-order valence-corrected chi connectivity index (χ3v) is 5.39. The Kier molecular flexibility index (Phi) is 7.02. The number of hydrogen-bond acceptors (Lipinski definition) is 9. The zero-order valence-corrected chi connectivity index (χ0v) is 22.7. The Bertz CT molecular complexity index is 1470. The molecule has 12 heteroatoms. The van der Waals surface area contributed by atoms with Crippen molar-refractivity contribution >= 4 is 40.4 Å². The molecular weight excluding hydrogens is 490 g/mol. The minimum Gasteiger partial charge on any atom is -0.443 e. The first-order valence-corrected chi connectivity index (χ1v) is 12.1. The van der Waals surface area contributed by atoms with Crippen LogP contribution in [0.25, 0.3) is 27.9 Å². The Morgan fingerprint density at radius 3 is 2.24 bits per heavy atom. The molecule has 4 aromatic rings. The second kappa shape index (κ2) is 9.93. The summed E-state index contributed by atoms with van der Waals surface area (Å²) in [6, 6.07) is 3.58. The van der Waals surface area contributed by atoms with Gasteiger partial charge in [0.1, 0.15) is 23.2 Å². The number of ether oxygens (including phenoxy) is 3. The lowest BCUT2D eigenvalue weighted by Crippen LogP contribution is -2.44. The van der Waals surface area contributed by atoms with E-state index in [0.29, 0.717) is 46.8 Å². The fourth-order valence-corrected chi connectivity index (χ4v) is 3.95. The summed E-state index contributed by atoms with van der Waals surface area (Å²) in [5.74, 6) is 0.0229. The molecule has 0 bridgehead atoms. The largest absolute Gasteiger partial charge is 0.443 e. The first-order chi connectivity index (χ1) is 17.8. The highest BCUT2D eigenvalue weighted by Gasteiger charge is 2.36. The van der Waals surface area contributed by atoms with E-state index in [-0.39, 0.29) is 5.82 Å². The van der Waals surface area contributed by atoms with Crippen molar-refractivity contribution < 1.29 is 23.8 Å². The van der Waals surface area contributed by atoms with Crippen LogP contribution in [0, 0.1) is 0 Å². The van der Waals surface area contributed by atoms with Crippen molar-refractivity contribution in [1.82, 2.24) is 23.9 Å². The third kappa shape index (κ3) is 5.40. The molecular formula is C26H33N7O5. The van der Waals surface area contributed by atoms with Gasteiger partial charge in [-0.1, -0.05) is 0 Å². The maximum Gasteiger partial charge on any atom is 0.425 e. The van der Waals surface area contributed by atoms with Crippen LogP contribution < -0.4 is 10.6 Å². The van der Waals surface area contributed by atoms with Crippen molar-refractivity contribution in [3.63, 3.8) is 0 Å². The highest BCUT2D eigenvalue weighted by molar-refractivity contribution is 6.15. The molecule has 0 atom stereocenters. The number of pyridine rings is 1. The van der Waals surface area contributed by atoms with Gasteiger partial charge in [0, 0.05) is 37.8 Å². The van der Waals surface area contributed by atoms with Gasteiger partial charge in [0.25, 0.3) is 0 Å². The molecule has 0 aromatic carbocycles. The van der Waals surface area contributed by atoms with Crippen molar-refractivity contribution in [3.05, 3.63) is 37.1 Å². The number of aromatic nitrogens is 5. The Labute approximate surface area is 220 Å². The fraction of sp³-hybridized carbons (Fsp3) is 0.423. The minimum atomic E-state index is -0.924. The molecule has 0 aliphatic carbocycles. The summed E-state index contributed by atoms with van der Waals surface area (Å²) in [5.41, 5.74) is 7.30. The number of hydrogen-bond donors (Lipinski definition) is 1. The van der Waals surface area contributed by atoms with Crippen LogP contribution in [0.4, 0.5) is 21.1 Å². The van der Waals surface area contributed by atoms with E-state index in [9.17, 15) is 9.59 Å². The summed E-state index contributed by atoms with van der Waals surface area (Å²) in [5, 5.41) is 0.445. The predicted molar refractivity (Wildman–Crippen MR) is 143 cm³/mol. The normalized spacial score (nSPS) is 12.2. The fourth-order valence-electron chi connectivity index (χ4n) is 3.95. The average molecular weight is 524 g/mol. The minimum absolute atomic E-state index is 0.0229.